The van der Waals surface area contributed by atoms with Crippen molar-refractivity contribution in [2.75, 3.05) is 55.8 Å². The number of anilines is 4. The molecular formula is C26H38N8O3. The van der Waals surface area contributed by atoms with E-state index < -0.39 is 5.91 Å². The first-order chi connectivity index (χ1) is 17.8. The number of primary amides is 1. The molecule has 4 rings (SSSR count). The highest BCUT2D eigenvalue weighted by Gasteiger charge is 2.24. The molecule has 2 aromatic rings. The van der Waals surface area contributed by atoms with Gasteiger partial charge in [0.25, 0.3) is 11.8 Å². The van der Waals surface area contributed by atoms with Crippen LogP contribution in [0.15, 0.2) is 18.2 Å². The van der Waals surface area contributed by atoms with Gasteiger partial charge in [0.1, 0.15) is 5.82 Å². The van der Waals surface area contributed by atoms with Gasteiger partial charge in [-0.25, -0.2) is 9.97 Å². The zero-order chi connectivity index (χ0) is 26.5. The Morgan fingerprint density at radius 2 is 1.78 bits per heavy atom. The molecule has 1 aliphatic carbocycles. The first-order valence-corrected chi connectivity index (χ1v) is 13.0. The largest absolute Gasteiger partial charge is 0.393 e. The zero-order valence-corrected chi connectivity index (χ0v) is 21.9. The molecule has 200 valence electrons. The topological polar surface area (TPSA) is 149 Å². The lowest BCUT2D eigenvalue weighted by molar-refractivity contribution is 0.0961. The molecule has 37 heavy (non-hydrogen) atoms. The minimum absolute atomic E-state index is 0.0473. The molecule has 1 saturated carbocycles. The van der Waals surface area contributed by atoms with Crippen molar-refractivity contribution in [1.29, 1.82) is 0 Å². The van der Waals surface area contributed by atoms with Gasteiger partial charge in [0.05, 0.1) is 17.4 Å². The third-order valence-electron chi connectivity index (χ3n) is 7.15. The Bertz CT molecular complexity index is 1130. The molecule has 0 spiro atoms. The molecule has 2 heterocycles. The summed E-state index contributed by atoms with van der Waals surface area (Å²) in [6.45, 7) is 5.45. The lowest BCUT2D eigenvalue weighted by atomic mass is 9.93. The first kappa shape index (κ1) is 26.6. The van der Waals surface area contributed by atoms with E-state index in [1.165, 1.54) is 0 Å². The Hall–Kier alpha value is -3.44. The number of piperazine rings is 1. The third kappa shape index (κ3) is 6.28. The molecular weight excluding hydrogens is 472 g/mol. The number of aliphatic hydroxyl groups is 1. The molecule has 1 saturated heterocycles. The maximum absolute atomic E-state index is 12.8. The highest BCUT2D eigenvalue weighted by molar-refractivity contribution is 6.01. The number of carbonyl (C=O) groups excluding carboxylic acids is 2. The Kier molecular flexibility index (Phi) is 8.45. The molecule has 11 nitrogen and oxygen atoms in total. The molecule has 11 heteroatoms. The molecule has 6 N–H and O–H groups in total. The van der Waals surface area contributed by atoms with E-state index in [0.29, 0.717) is 29.2 Å². The van der Waals surface area contributed by atoms with Crippen LogP contribution in [0, 0.1) is 0 Å². The average molecular weight is 511 g/mol. The molecule has 2 amide bonds. The lowest BCUT2D eigenvalue weighted by Gasteiger charge is -2.35. The summed E-state index contributed by atoms with van der Waals surface area (Å²) in [6.07, 6.45) is 3.45. The van der Waals surface area contributed by atoms with Crippen LogP contribution in [0.2, 0.25) is 0 Å². The van der Waals surface area contributed by atoms with E-state index in [-0.39, 0.29) is 29.6 Å². The van der Waals surface area contributed by atoms with Crippen LogP contribution >= 0.6 is 0 Å². The van der Waals surface area contributed by atoms with Gasteiger partial charge in [-0.15, -0.1) is 0 Å². The molecule has 1 aromatic heterocycles. The van der Waals surface area contributed by atoms with Gasteiger partial charge in [-0.3, -0.25) is 9.59 Å². The number of likely N-dealkylation sites (N-methyl/N-ethyl adjacent to an activating group) is 1. The van der Waals surface area contributed by atoms with Gasteiger partial charge in [-0.05, 0) is 57.4 Å². The molecule has 1 aliphatic heterocycles. The normalized spacial score (nSPS) is 20.4. The fourth-order valence-electron chi connectivity index (χ4n) is 4.89. The quantitative estimate of drug-likeness (QED) is 0.358. The number of carbonyl (C=O) groups is 2. The van der Waals surface area contributed by atoms with Gasteiger partial charge < -0.3 is 36.6 Å². The predicted molar refractivity (Wildman–Crippen MR) is 145 cm³/mol. The van der Waals surface area contributed by atoms with E-state index in [1.54, 1.807) is 13.1 Å². The lowest BCUT2D eigenvalue weighted by Crippen LogP contribution is -2.45. The third-order valence-corrected chi connectivity index (χ3v) is 7.15. The van der Waals surface area contributed by atoms with Crippen molar-refractivity contribution in [1.82, 2.24) is 20.2 Å². The predicted octanol–water partition coefficient (Wildman–Crippen LogP) is 1.71. The van der Waals surface area contributed by atoms with Gasteiger partial charge in [0, 0.05) is 50.6 Å². The summed E-state index contributed by atoms with van der Waals surface area (Å²) in [5, 5.41) is 19.2. The number of nitrogens with zero attached hydrogens (tertiary/aromatic N) is 4. The summed E-state index contributed by atoms with van der Waals surface area (Å²) in [5.41, 5.74) is 8.37. The summed E-state index contributed by atoms with van der Waals surface area (Å²) in [6, 6.07) is 5.72. The minimum Gasteiger partial charge on any atom is -0.393 e. The van der Waals surface area contributed by atoms with E-state index in [4.69, 9.17) is 10.7 Å². The Balaban J connectivity index is 1.65. The van der Waals surface area contributed by atoms with Crippen LogP contribution in [0.1, 0.15) is 59.1 Å². The number of aromatic nitrogens is 2. The number of nitrogens with one attached hydrogen (secondary N) is 3. The van der Waals surface area contributed by atoms with E-state index in [2.05, 4.69) is 37.8 Å². The van der Waals surface area contributed by atoms with Crippen LogP contribution in [0.3, 0.4) is 0 Å². The van der Waals surface area contributed by atoms with E-state index in [9.17, 15) is 14.7 Å². The summed E-state index contributed by atoms with van der Waals surface area (Å²) < 4.78 is 0. The second-order valence-electron chi connectivity index (χ2n) is 9.81. The number of benzene rings is 1. The van der Waals surface area contributed by atoms with E-state index in [1.807, 2.05) is 19.1 Å². The van der Waals surface area contributed by atoms with Crippen molar-refractivity contribution < 1.29 is 14.7 Å². The van der Waals surface area contributed by atoms with Crippen molar-refractivity contribution in [3.05, 3.63) is 35.2 Å². The zero-order valence-electron chi connectivity index (χ0n) is 21.9. The number of aryl methyl sites for hydroxylation is 1. The monoisotopic (exact) mass is 510 g/mol. The number of nitrogens with two attached hydrogens (primary N) is 1. The highest BCUT2D eigenvalue weighted by atomic mass is 16.3. The van der Waals surface area contributed by atoms with Crippen molar-refractivity contribution in [3.8, 4) is 0 Å². The number of aliphatic hydroxyl groups excluding tert-OH is 1. The Labute approximate surface area is 217 Å². The SMILES string of the molecule is CCc1nc(C(N)=O)c(Nc2ccc(N3CCN(C)CC3)c(C(=O)NC)c2)nc1N[C@H]1CC[C@H](O)CC1. The average Bonchev–Trinajstić information content (AvgIpc) is 2.90. The van der Waals surface area contributed by atoms with Gasteiger partial charge in [0.2, 0.25) is 0 Å². The Morgan fingerprint density at radius 3 is 2.41 bits per heavy atom. The van der Waals surface area contributed by atoms with Crippen molar-refractivity contribution in [2.45, 2.75) is 51.2 Å². The van der Waals surface area contributed by atoms with Gasteiger partial charge >= 0.3 is 0 Å². The van der Waals surface area contributed by atoms with E-state index in [0.717, 1.165) is 57.5 Å². The van der Waals surface area contributed by atoms with Crippen LogP contribution in [-0.2, 0) is 6.42 Å². The number of amides is 2. The van der Waals surface area contributed by atoms with Crippen LogP contribution in [-0.4, -0.2) is 84.2 Å². The van der Waals surface area contributed by atoms with Crippen LogP contribution in [0.4, 0.5) is 23.0 Å². The smallest absolute Gasteiger partial charge is 0.271 e. The van der Waals surface area contributed by atoms with Crippen LogP contribution in [0.5, 0.6) is 0 Å². The maximum Gasteiger partial charge on any atom is 0.271 e. The van der Waals surface area contributed by atoms with E-state index >= 15 is 0 Å². The van der Waals surface area contributed by atoms with Gasteiger partial charge in [-0.1, -0.05) is 6.92 Å². The van der Waals surface area contributed by atoms with Crippen LogP contribution < -0.4 is 26.6 Å². The highest BCUT2D eigenvalue weighted by Crippen LogP contribution is 2.30. The molecule has 0 unspecified atom stereocenters. The molecule has 0 radical (unpaired) electrons. The molecule has 2 fully saturated rings. The van der Waals surface area contributed by atoms with Crippen LogP contribution in [0.25, 0.3) is 0 Å². The minimum atomic E-state index is -0.683. The molecule has 1 aromatic carbocycles. The molecule has 0 bridgehead atoms. The number of rotatable bonds is 8. The molecule has 0 atom stereocenters. The maximum atomic E-state index is 12.8. The Morgan fingerprint density at radius 1 is 1.08 bits per heavy atom. The summed E-state index contributed by atoms with van der Waals surface area (Å²) >= 11 is 0. The first-order valence-electron chi connectivity index (χ1n) is 13.0. The molecule has 2 aliphatic rings. The second-order valence-corrected chi connectivity index (χ2v) is 9.81. The van der Waals surface area contributed by atoms with Crippen molar-refractivity contribution >= 4 is 34.8 Å². The summed E-state index contributed by atoms with van der Waals surface area (Å²) in [5.74, 6) is -0.0465. The fourth-order valence-corrected chi connectivity index (χ4v) is 4.89. The number of hydrogen-bond donors (Lipinski definition) is 5. The van der Waals surface area contributed by atoms with Crippen molar-refractivity contribution in [2.24, 2.45) is 5.73 Å². The second kappa shape index (κ2) is 11.7. The van der Waals surface area contributed by atoms with Crippen molar-refractivity contribution in [3.63, 3.8) is 0 Å². The standard InChI is InChI=1S/C26H38N8O3/c1-4-20-24(29-16-5-8-18(35)9-6-16)32-25(22(31-20)23(27)36)30-17-7-10-21(19(15-17)26(37)28-2)34-13-11-33(3)12-14-34/h7,10,15-16,18,35H,4-6,8-9,11-14H2,1-3H3,(H2,27,36)(H,28,37)(H2,29,30,32)/t16-,18-. The summed E-state index contributed by atoms with van der Waals surface area (Å²) in [7, 11) is 3.70. The number of hydrogen-bond acceptors (Lipinski definition) is 9. The van der Waals surface area contributed by atoms with Gasteiger partial charge in [-0.2, -0.15) is 0 Å². The fraction of sp³-hybridized carbons (Fsp3) is 0.538. The summed E-state index contributed by atoms with van der Waals surface area (Å²) in [4.78, 5) is 38.8. The van der Waals surface area contributed by atoms with Gasteiger partial charge in [0.15, 0.2) is 11.5 Å².